The van der Waals surface area contributed by atoms with E-state index in [1.807, 2.05) is 41.2 Å². The van der Waals surface area contributed by atoms with Crippen molar-refractivity contribution < 1.29 is 13.6 Å². The van der Waals surface area contributed by atoms with Crippen LogP contribution in [-0.2, 0) is 13.6 Å². The fourth-order valence-electron chi connectivity index (χ4n) is 4.08. The van der Waals surface area contributed by atoms with Gasteiger partial charge in [-0.1, -0.05) is 71.9 Å². The van der Waals surface area contributed by atoms with Gasteiger partial charge in [-0.05, 0) is 36.3 Å². The summed E-state index contributed by atoms with van der Waals surface area (Å²) in [7, 11) is -3.96. The van der Waals surface area contributed by atoms with E-state index in [1.165, 1.54) is 0 Å². The Labute approximate surface area is 224 Å². The van der Waals surface area contributed by atoms with Crippen LogP contribution in [0.4, 0.5) is 0 Å². The van der Waals surface area contributed by atoms with Crippen molar-refractivity contribution in [3.05, 3.63) is 43.0 Å². The lowest BCUT2D eigenvalue weighted by molar-refractivity contribution is -0.0383. The molecule has 1 saturated heterocycles. The van der Waals surface area contributed by atoms with Crippen molar-refractivity contribution in [1.29, 1.82) is 0 Å². The predicted octanol–water partition coefficient (Wildman–Crippen LogP) is 7.19. The zero-order chi connectivity index (χ0) is 27.2. The molecule has 1 aliphatic heterocycles. The predicted molar refractivity (Wildman–Crippen MR) is 155 cm³/mol. The van der Waals surface area contributed by atoms with E-state index in [0.717, 1.165) is 28.8 Å². The van der Waals surface area contributed by atoms with E-state index >= 15 is 0 Å². The van der Waals surface area contributed by atoms with Gasteiger partial charge in [0.15, 0.2) is 22.3 Å². The molecule has 0 bridgehead atoms. The fourth-order valence-corrected chi connectivity index (χ4v) is 6.45. The van der Waals surface area contributed by atoms with Crippen molar-refractivity contribution in [2.24, 2.45) is 0 Å². The van der Waals surface area contributed by atoms with Gasteiger partial charge in [0, 0.05) is 12.0 Å². The first-order chi connectivity index (χ1) is 17.1. The van der Waals surface area contributed by atoms with E-state index in [1.54, 1.807) is 6.33 Å². The number of benzene rings is 1. The third kappa shape index (κ3) is 5.75. The Bertz CT molecular complexity index is 1220. The summed E-state index contributed by atoms with van der Waals surface area (Å²) in [4.78, 5) is 13.9. The van der Waals surface area contributed by atoms with Gasteiger partial charge in [0.2, 0.25) is 0 Å². The highest BCUT2D eigenvalue weighted by molar-refractivity contribution is 6.74. The maximum atomic E-state index is 6.94. The summed E-state index contributed by atoms with van der Waals surface area (Å²) < 4.78 is 22.3. The summed E-state index contributed by atoms with van der Waals surface area (Å²) in [6.07, 6.45) is 3.74. The van der Waals surface area contributed by atoms with Crippen molar-refractivity contribution in [3.8, 4) is 11.3 Å². The molecule has 0 amide bonds. The zero-order valence-electron chi connectivity index (χ0n) is 24.2. The highest BCUT2D eigenvalue weighted by atomic mass is 28.4. The molecule has 3 aromatic rings. The quantitative estimate of drug-likeness (QED) is 0.295. The molecule has 7 nitrogen and oxygen atoms in total. The van der Waals surface area contributed by atoms with Gasteiger partial charge >= 0.3 is 0 Å². The first-order valence-corrected chi connectivity index (χ1v) is 19.1. The molecular weight excluding hydrogens is 497 g/mol. The number of nitrogens with zero attached hydrogens (tertiary/aromatic N) is 4. The number of aromatic nitrogens is 4. The van der Waals surface area contributed by atoms with Crippen molar-refractivity contribution in [1.82, 2.24) is 19.5 Å². The van der Waals surface area contributed by atoms with E-state index in [4.69, 9.17) is 18.6 Å². The molecule has 0 spiro atoms. The first-order valence-electron chi connectivity index (χ1n) is 13.3. The number of ether oxygens (including phenoxy) is 1. The van der Waals surface area contributed by atoms with Gasteiger partial charge in [-0.2, -0.15) is 0 Å². The van der Waals surface area contributed by atoms with Gasteiger partial charge in [0.1, 0.15) is 29.9 Å². The number of fused-ring (bicyclic) bond motifs is 1. The van der Waals surface area contributed by atoms with Crippen LogP contribution in [0.15, 0.2) is 43.0 Å². The second kappa shape index (κ2) is 10.00. The standard InChI is InChI=1S/C28H44N4O3Si2/c1-27(2,3)36(7,8)33-17-22-21(35-37(9,10)28(4,5)6)16-23(34-22)32-19-31-25-24(29-18-30-26(25)32)20-14-12-11-13-15-20/h11-15,18-19,21-23H,16-17H2,1-10H3/t21-,22+,23+/m0/s1. The van der Waals surface area contributed by atoms with Crippen molar-refractivity contribution in [2.75, 3.05) is 6.61 Å². The number of hydrogen-bond donors (Lipinski definition) is 0. The third-order valence-electron chi connectivity index (χ3n) is 8.56. The van der Waals surface area contributed by atoms with Gasteiger partial charge < -0.3 is 13.6 Å². The van der Waals surface area contributed by atoms with Crippen LogP contribution in [-0.4, -0.2) is 55.0 Å². The van der Waals surface area contributed by atoms with Crippen LogP contribution in [0.25, 0.3) is 22.4 Å². The molecular formula is C28H44N4O3Si2. The molecule has 0 unspecified atom stereocenters. The lowest BCUT2D eigenvalue weighted by Gasteiger charge is -2.40. The monoisotopic (exact) mass is 540 g/mol. The second-order valence-electron chi connectivity index (χ2n) is 13.3. The Morgan fingerprint density at radius 2 is 1.57 bits per heavy atom. The van der Waals surface area contributed by atoms with Crippen LogP contribution >= 0.6 is 0 Å². The van der Waals surface area contributed by atoms with E-state index in [0.29, 0.717) is 6.61 Å². The molecule has 37 heavy (non-hydrogen) atoms. The van der Waals surface area contributed by atoms with Crippen LogP contribution in [0.5, 0.6) is 0 Å². The van der Waals surface area contributed by atoms with Gasteiger partial charge in [-0.3, -0.25) is 4.57 Å². The minimum atomic E-state index is -2.02. The Hall–Kier alpha value is -1.92. The van der Waals surface area contributed by atoms with E-state index in [2.05, 4.69) is 77.7 Å². The van der Waals surface area contributed by atoms with Crippen molar-refractivity contribution in [3.63, 3.8) is 0 Å². The molecule has 0 N–H and O–H groups in total. The Kier molecular flexibility index (Phi) is 7.59. The van der Waals surface area contributed by atoms with Gasteiger partial charge in [-0.15, -0.1) is 0 Å². The molecule has 9 heteroatoms. The number of hydrogen-bond acceptors (Lipinski definition) is 6. The van der Waals surface area contributed by atoms with Gasteiger partial charge in [0.25, 0.3) is 0 Å². The highest BCUT2D eigenvalue weighted by Gasteiger charge is 2.46. The molecule has 3 atom stereocenters. The number of imidazole rings is 1. The largest absolute Gasteiger partial charge is 0.414 e. The molecule has 0 saturated carbocycles. The molecule has 3 heterocycles. The average Bonchev–Trinajstić information content (AvgIpc) is 3.40. The van der Waals surface area contributed by atoms with Crippen molar-refractivity contribution in [2.45, 2.75) is 103 Å². The summed E-state index contributed by atoms with van der Waals surface area (Å²) in [5.41, 5.74) is 3.40. The van der Waals surface area contributed by atoms with Crippen LogP contribution in [0, 0.1) is 0 Å². The van der Waals surface area contributed by atoms with Gasteiger partial charge in [-0.25, -0.2) is 15.0 Å². The maximum Gasteiger partial charge on any atom is 0.192 e. The van der Waals surface area contributed by atoms with E-state index < -0.39 is 16.6 Å². The Balaban J connectivity index is 1.64. The topological polar surface area (TPSA) is 71.3 Å². The average molecular weight is 541 g/mol. The molecule has 4 rings (SSSR count). The lowest BCUT2D eigenvalue weighted by Crippen LogP contribution is -2.48. The molecule has 202 valence electrons. The fraction of sp³-hybridized carbons (Fsp3) is 0.607. The smallest absolute Gasteiger partial charge is 0.192 e. The molecule has 0 radical (unpaired) electrons. The van der Waals surface area contributed by atoms with Crippen LogP contribution < -0.4 is 0 Å². The highest BCUT2D eigenvalue weighted by Crippen LogP contribution is 2.43. The molecule has 1 fully saturated rings. The Morgan fingerprint density at radius 1 is 0.919 bits per heavy atom. The van der Waals surface area contributed by atoms with Crippen LogP contribution in [0.1, 0.15) is 54.2 Å². The third-order valence-corrected chi connectivity index (χ3v) is 17.6. The molecule has 1 aliphatic rings. The molecule has 2 aromatic heterocycles. The Morgan fingerprint density at radius 3 is 2.19 bits per heavy atom. The lowest BCUT2D eigenvalue weighted by atomic mass is 10.1. The molecule has 1 aromatic carbocycles. The first kappa shape index (κ1) is 28.1. The van der Waals surface area contributed by atoms with E-state index in [9.17, 15) is 0 Å². The minimum absolute atomic E-state index is 0.0523. The summed E-state index contributed by atoms with van der Waals surface area (Å²) in [5.74, 6) is 0. The summed E-state index contributed by atoms with van der Waals surface area (Å²) in [6.45, 7) is 23.3. The van der Waals surface area contributed by atoms with Crippen LogP contribution in [0.2, 0.25) is 36.3 Å². The van der Waals surface area contributed by atoms with Gasteiger partial charge in [0.05, 0.1) is 19.0 Å². The maximum absolute atomic E-state index is 6.94. The minimum Gasteiger partial charge on any atom is -0.414 e. The zero-order valence-corrected chi connectivity index (χ0v) is 26.2. The summed E-state index contributed by atoms with van der Waals surface area (Å²) >= 11 is 0. The summed E-state index contributed by atoms with van der Waals surface area (Å²) in [5, 5.41) is 0.238. The molecule has 0 aliphatic carbocycles. The summed E-state index contributed by atoms with van der Waals surface area (Å²) in [6, 6.07) is 10.1. The normalized spacial score (nSPS) is 21.6. The second-order valence-corrected chi connectivity index (χ2v) is 22.8. The van der Waals surface area contributed by atoms with Crippen molar-refractivity contribution >= 4 is 27.8 Å². The van der Waals surface area contributed by atoms with Crippen LogP contribution in [0.3, 0.4) is 0 Å². The number of rotatable bonds is 7. The SMILES string of the molecule is CC(C)(C)[Si](C)(C)OC[C@H]1O[C@@H](n2cnc3c(-c4ccccc4)ncnc32)C[C@@H]1O[Si](C)(C)C(C)(C)C. The van der Waals surface area contributed by atoms with E-state index in [-0.39, 0.29) is 28.5 Å².